The number of phenols is 1. The molecular formula is C47H54INO7Si. The number of imide groups is 1. The van der Waals surface area contributed by atoms with Crippen LogP contribution in [0.1, 0.15) is 65.4 Å². The number of rotatable bonds is 15. The minimum Gasteiger partial charge on any atom is -0.504 e. The van der Waals surface area contributed by atoms with E-state index in [2.05, 4.69) is 80.6 Å². The molecule has 1 heterocycles. The van der Waals surface area contributed by atoms with Gasteiger partial charge in [0.15, 0.2) is 11.5 Å². The maximum atomic E-state index is 14.3. The van der Waals surface area contributed by atoms with E-state index in [0.29, 0.717) is 33.4 Å². The predicted molar refractivity (Wildman–Crippen MR) is 237 cm³/mol. The Balaban J connectivity index is 1.42. The Labute approximate surface area is 351 Å². The van der Waals surface area contributed by atoms with Crippen LogP contribution >= 0.6 is 22.6 Å². The number of aliphatic hydroxyl groups is 2. The normalized spacial score (nSPS) is 19.5. The van der Waals surface area contributed by atoms with Gasteiger partial charge in [0.05, 0.1) is 47.5 Å². The Hall–Kier alpha value is -4.07. The minimum absolute atomic E-state index is 0.0962. The summed E-state index contributed by atoms with van der Waals surface area (Å²) in [4.78, 5) is 29.8. The Morgan fingerprint density at radius 1 is 0.930 bits per heavy atom. The van der Waals surface area contributed by atoms with Crippen molar-refractivity contribution in [3.63, 3.8) is 0 Å². The van der Waals surface area contributed by atoms with Crippen LogP contribution in [0, 0.1) is 21.3 Å². The zero-order valence-corrected chi connectivity index (χ0v) is 36.6. The Morgan fingerprint density at radius 2 is 1.53 bits per heavy atom. The van der Waals surface area contributed by atoms with E-state index in [4.69, 9.17) is 9.16 Å². The highest BCUT2D eigenvalue weighted by Crippen LogP contribution is 2.48. The lowest BCUT2D eigenvalue weighted by Crippen LogP contribution is -2.66. The SMILES string of the molecule is CCC/C(=C\c1cc(I)c(O)c(OC)c1)CC[C@@H](O)C1=C(CO[Si](c2ccccc2)(c2ccccc2)C(C)(C)C)C[C@H]2C(=O)N(c3ccccc3)C(=O)[C@H]2[C@H]1CO. The molecule has 0 aromatic heterocycles. The summed E-state index contributed by atoms with van der Waals surface area (Å²) in [6.45, 7) is 8.47. The monoisotopic (exact) mass is 899 g/mol. The summed E-state index contributed by atoms with van der Waals surface area (Å²) in [6, 6.07) is 33.3. The van der Waals surface area contributed by atoms with Gasteiger partial charge in [0.1, 0.15) is 0 Å². The zero-order valence-electron chi connectivity index (χ0n) is 33.5. The second-order valence-electron chi connectivity index (χ2n) is 16.1. The fraction of sp³-hybridized carbons (Fsp3) is 0.362. The van der Waals surface area contributed by atoms with Crippen LogP contribution in [0.3, 0.4) is 0 Å². The van der Waals surface area contributed by atoms with Crippen LogP contribution in [0.5, 0.6) is 11.5 Å². The number of para-hydroxylation sites is 1. The molecule has 0 saturated carbocycles. The molecule has 0 bridgehead atoms. The van der Waals surface area contributed by atoms with Crippen molar-refractivity contribution < 1.29 is 34.1 Å². The number of aromatic hydroxyl groups is 1. The molecule has 1 fully saturated rings. The van der Waals surface area contributed by atoms with Crippen molar-refractivity contribution in [1.82, 2.24) is 0 Å². The molecule has 8 nitrogen and oxygen atoms in total. The van der Waals surface area contributed by atoms with Gasteiger partial charge < -0.3 is 24.5 Å². The van der Waals surface area contributed by atoms with Gasteiger partial charge in [-0.25, -0.2) is 0 Å². The number of hydrogen-bond acceptors (Lipinski definition) is 7. The van der Waals surface area contributed by atoms with Crippen LogP contribution in [0.15, 0.2) is 120 Å². The summed E-state index contributed by atoms with van der Waals surface area (Å²) < 4.78 is 13.5. The van der Waals surface area contributed by atoms with Crippen molar-refractivity contribution in [2.75, 3.05) is 25.2 Å². The maximum Gasteiger partial charge on any atom is 0.261 e. The smallest absolute Gasteiger partial charge is 0.261 e. The molecule has 4 atom stereocenters. The Morgan fingerprint density at radius 3 is 2.07 bits per heavy atom. The number of amides is 2. The quantitative estimate of drug-likeness (QED) is 0.0479. The Bertz CT molecular complexity index is 2060. The number of aliphatic hydroxyl groups excluding tert-OH is 2. The van der Waals surface area contributed by atoms with Gasteiger partial charge in [0, 0.05) is 5.92 Å². The first kappa shape index (κ1) is 42.5. The van der Waals surface area contributed by atoms with Gasteiger partial charge in [-0.15, -0.1) is 0 Å². The molecule has 2 amide bonds. The lowest BCUT2D eigenvalue weighted by Gasteiger charge is -2.44. The molecule has 0 radical (unpaired) electrons. The number of nitrogens with zero attached hydrogens (tertiary/aromatic N) is 1. The number of methoxy groups -OCH3 is 1. The maximum absolute atomic E-state index is 14.3. The number of halogens is 1. The fourth-order valence-electron chi connectivity index (χ4n) is 9.02. The van der Waals surface area contributed by atoms with E-state index >= 15 is 0 Å². The number of carbonyl (C=O) groups is 2. The van der Waals surface area contributed by atoms with Gasteiger partial charge >= 0.3 is 0 Å². The van der Waals surface area contributed by atoms with Crippen molar-refractivity contribution in [2.45, 2.75) is 70.9 Å². The number of allylic oxidation sites excluding steroid dienone is 1. The lowest BCUT2D eigenvalue weighted by molar-refractivity contribution is -0.123. The van der Waals surface area contributed by atoms with Gasteiger partial charge in [-0.3, -0.25) is 14.5 Å². The largest absolute Gasteiger partial charge is 0.504 e. The third-order valence-corrected chi connectivity index (χ3v) is 17.4. The van der Waals surface area contributed by atoms with Gasteiger partial charge in [0.25, 0.3) is 8.32 Å². The van der Waals surface area contributed by atoms with E-state index in [1.54, 1.807) is 30.3 Å². The zero-order chi connectivity index (χ0) is 40.9. The summed E-state index contributed by atoms with van der Waals surface area (Å²) in [6.07, 6.45) is 3.89. The number of hydrogen-bond donors (Lipinski definition) is 3. The first-order valence-corrected chi connectivity index (χ1v) is 22.8. The van der Waals surface area contributed by atoms with Gasteiger partial charge in [-0.1, -0.05) is 125 Å². The van der Waals surface area contributed by atoms with E-state index in [1.807, 2.05) is 48.5 Å². The van der Waals surface area contributed by atoms with Crippen LogP contribution < -0.4 is 20.0 Å². The predicted octanol–water partition coefficient (Wildman–Crippen LogP) is 8.02. The van der Waals surface area contributed by atoms with E-state index in [-0.39, 0.29) is 35.6 Å². The minimum atomic E-state index is -3.05. The Kier molecular flexibility index (Phi) is 13.6. The standard InChI is InChI=1S/C47H54INO7Si/c1-6-16-31(25-32-26-39(48)44(52)41(27-32)55-5)23-24-40(51)42-33(28-37-43(38(42)29-50)46(54)49(45(37)53)34-17-10-7-11-18-34)30-56-57(47(2,3)4,35-19-12-8-13-20-35)36-21-14-9-15-22-36/h7-15,17-22,25-27,37-38,40,43,50-52H,6,16,23-24,28-30H2,1-5H3/b31-25+/t37-,38+,40-,43-/m1/s1. The summed E-state index contributed by atoms with van der Waals surface area (Å²) in [5, 5.41) is 35.9. The van der Waals surface area contributed by atoms with Crippen molar-refractivity contribution in [3.8, 4) is 11.5 Å². The third-order valence-electron chi connectivity index (χ3n) is 11.6. The molecular weight excluding hydrogens is 846 g/mol. The third kappa shape index (κ3) is 8.57. The average Bonchev–Trinajstić information content (AvgIpc) is 3.46. The van der Waals surface area contributed by atoms with E-state index in [1.165, 1.54) is 12.0 Å². The molecule has 2 aliphatic rings. The van der Waals surface area contributed by atoms with Crippen LogP contribution in [0.4, 0.5) is 5.69 Å². The van der Waals surface area contributed by atoms with Gasteiger partial charge in [-0.2, -0.15) is 0 Å². The molecule has 4 aromatic rings. The van der Waals surface area contributed by atoms with Gasteiger partial charge in [0.2, 0.25) is 11.8 Å². The van der Waals surface area contributed by atoms with Crippen LogP contribution in [-0.4, -0.2) is 61.9 Å². The number of carbonyl (C=O) groups excluding carboxylic acids is 2. The molecule has 0 spiro atoms. The highest BCUT2D eigenvalue weighted by atomic mass is 127. The first-order chi connectivity index (χ1) is 27.4. The topological polar surface area (TPSA) is 117 Å². The summed E-state index contributed by atoms with van der Waals surface area (Å²) in [7, 11) is -1.52. The number of anilines is 1. The van der Waals surface area contributed by atoms with Crippen molar-refractivity contribution in [2.24, 2.45) is 17.8 Å². The molecule has 1 aliphatic heterocycles. The average molecular weight is 900 g/mol. The molecule has 1 aliphatic carbocycles. The molecule has 4 aromatic carbocycles. The second-order valence-corrected chi connectivity index (χ2v) is 21.6. The highest BCUT2D eigenvalue weighted by Gasteiger charge is 2.56. The number of phenolic OH excluding ortho intramolecular Hbond substituents is 1. The molecule has 1 saturated heterocycles. The highest BCUT2D eigenvalue weighted by molar-refractivity contribution is 14.1. The van der Waals surface area contributed by atoms with Crippen molar-refractivity contribution >= 4 is 64.9 Å². The van der Waals surface area contributed by atoms with Crippen LogP contribution in [0.2, 0.25) is 5.04 Å². The van der Waals surface area contributed by atoms with Crippen molar-refractivity contribution in [3.05, 3.63) is 129 Å². The first-order valence-electron chi connectivity index (χ1n) is 19.8. The van der Waals surface area contributed by atoms with E-state index in [0.717, 1.165) is 39.9 Å². The molecule has 300 valence electrons. The van der Waals surface area contributed by atoms with Gasteiger partial charge in [-0.05, 0) is 105 Å². The fourth-order valence-corrected chi connectivity index (χ4v) is 14.2. The summed E-state index contributed by atoms with van der Waals surface area (Å²) >= 11 is 2.09. The number of ether oxygens (including phenoxy) is 1. The summed E-state index contributed by atoms with van der Waals surface area (Å²) in [5.41, 5.74) is 3.87. The van der Waals surface area contributed by atoms with E-state index < -0.39 is 38.8 Å². The van der Waals surface area contributed by atoms with E-state index in [9.17, 15) is 24.9 Å². The number of benzene rings is 4. The molecule has 0 unspecified atom stereocenters. The molecule has 6 rings (SSSR count). The van der Waals surface area contributed by atoms with Crippen LogP contribution in [-0.2, 0) is 14.0 Å². The molecule has 10 heteroatoms. The molecule has 57 heavy (non-hydrogen) atoms. The van der Waals surface area contributed by atoms with Crippen molar-refractivity contribution in [1.29, 1.82) is 0 Å². The second kappa shape index (κ2) is 18.2. The van der Waals surface area contributed by atoms with Crippen LogP contribution in [0.25, 0.3) is 6.08 Å². The molecule has 3 N–H and O–H groups in total. The lowest BCUT2D eigenvalue weighted by atomic mass is 9.68. The number of fused-ring (bicyclic) bond motifs is 1. The summed E-state index contributed by atoms with van der Waals surface area (Å²) in [5.74, 6) is -2.45.